The molecule has 9 heteroatoms. The van der Waals surface area contributed by atoms with Crippen LogP contribution in [0.25, 0.3) is 5.82 Å². The first-order chi connectivity index (χ1) is 12.7. The van der Waals surface area contributed by atoms with Crippen molar-refractivity contribution in [3.8, 4) is 5.82 Å². The van der Waals surface area contributed by atoms with E-state index in [2.05, 4.69) is 20.2 Å². The van der Waals surface area contributed by atoms with Crippen LogP contribution in [-0.4, -0.2) is 42.6 Å². The molecule has 0 radical (unpaired) electrons. The SMILES string of the molecule is O=c1ccc(-n2cccn2)nn1CC1CCN(c2ncncc2F)CC1. The van der Waals surface area contributed by atoms with Crippen LogP contribution < -0.4 is 10.5 Å². The van der Waals surface area contributed by atoms with Gasteiger partial charge in [0.25, 0.3) is 5.56 Å². The van der Waals surface area contributed by atoms with E-state index in [-0.39, 0.29) is 5.56 Å². The van der Waals surface area contributed by atoms with E-state index in [4.69, 9.17) is 0 Å². The van der Waals surface area contributed by atoms with E-state index in [0.29, 0.717) is 37.2 Å². The fraction of sp³-hybridized carbons (Fsp3) is 0.353. The number of halogens is 1. The van der Waals surface area contributed by atoms with Crippen LogP contribution in [-0.2, 0) is 6.54 Å². The molecule has 3 aromatic rings. The van der Waals surface area contributed by atoms with Gasteiger partial charge in [-0.2, -0.15) is 5.10 Å². The Morgan fingerprint density at radius 1 is 1.23 bits per heavy atom. The Morgan fingerprint density at radius 3 is 2.81 bits per heavy atom. The normalized spacial score (nSPS) is 15.3. The lowest BCUT2D eigenvalue weighted by molar-refractivity contribution is 0.332. The Bertz CT molecular complexity index is 932. The van der Waals surface area contributed by atoms with Gasteiger partial charge in [0.15, 0.2) is 17.5 Å². The summed E-state index contributed by atoms with van der Waals surface area (Å²) in [6.45, 7) is 1.91. The van der Waals surface area contributed by atoms with Gasteiger partial charge in [0.05, 0.1) is 6.20 Å². The summed E-state index contributed by atoms with van der Waals surface area (Å²) in [5.74, 6) is 0.842. The fourth-order valence-electron chi connectivity index (χ4n) is 3.21. The Labute approximate surface area is 148 Å². The third kappa shape index (κ3) is 3.32. The molecule has 134 valence electrons. The highest BCUT2D eigenvalue weighted by Crippen LogP contribution is 2.23. The van der Waals surface area contributed by atoms with Crippen molar-refractivity contribution >= 4 is 5.82 Å². The summed E-state index contributed by atoms with van der Waals surface area (Å²) in [6.07, 6.45) is 7.66. The molecule has 3 aromatic heterocycles. The molecule has 0 aliphatic carbocycles. The van der Waals surface area contributed by atoms with E-state index in [1.807, 2.05) is 4.90 Å². The monoisotopic (exact) mass is 355 g/mol. The fourth-order valence-corrected chi connectivity index (χ4v) is 3.21. The predicted octanol–water partition coefficient (Wildman–Crippen LogP) is 1.27. The Kier molecular flexibility index (Phi) is 4.42. The van der Waals surface area contributed by atoms with Gasteiger partial charge >= 0.3 is 0 Å². The summed E-state index contributed by atoms with van der Waals surface area (Å²) in [6, 6.07) is 4.97. The average Bonchev–Trinajstić information content (AvgIpc) is 3.19. The minimum absolute atomic E-state index is 0.134. The van der Waals surface area contributed by atoms with Crippen molar-refractivity contribution in [2.24, 2.45) is 5.92 Å². The molecule has 0 unspecified atom stereocenters. The molecule has 0 saturated carbocycles. The first-order valence-electron chi connectivity index (χ1n) is 8.49. The topological polar surface area (TPSA) is 81.7 Å². The summed E-state index contributed by atoms with van der Waals surface area (Å²) in [5.41, 5.74) is -0.134. The Hall–Kier alpha value is -3.10. The maximum atomic E-state index is 13.8. The Morgan fingerprint density at radius 2 is 2.08 bits per heavy atom. The van der Waals surface area contributed by atoms with E-state index >= 15 is 0 Å². The van der Waals surface area contributed by atoms with Crippen LogP contribution in [0.4, 0.5) is 10.2 Å². The van der Waals surface area contributed by atoms with Crippen LogP contribution in [0.2, 0.25) is 0 Å². The molecular formula is C17H18FN7O. The number of nitrogens with zero attached hydrogens (tertiary/aromatic N) is 7. The lowest BCUT2D eigenvalue weighted by Crippen LogP contribution is -2.37. The largest absolute Gasteiger partial charge is 0.354 e. The van der Waals surface area contributed by atoms with Gasteiger partial charge in [0.1, 0.15) is 6.33 Å². The second kappa shape index (κ2) is 7.03. The first-order valence-corrected chi connectivity index (χ1v) is 8.49. The highest BCUT2D eigenvalue weighted by molar-refractivity contribution is 5.38. The maximum absolute atomic E-state index is 13.8. The summed E-state index contributed by atoms with van der Waals surface area (Å²) in [7, 11) is 0. The summed E-state index contributed by atoms with van der Waals surface area (Å²) in [4.78, 5) is 21.8. The van der Waals surface area contributed by atoms with E-state index in [0.717, 1.165) is 12.8 Å². The van der Waals surface area contributed by atoms with Gasteiger partial charge in [-0.1, -0.05) is 0 Å². The van der Waals surface area contributed by atoms with Crippen LogP contribution in [0, 0.1) is 11.7 Å². The lowest BCUT2D eigenvalue weighted by atomic mass is 9.97. The first kappa shape index (κ1) is 16.4. The van der Waals surface area contributed by atoms with Gasteiger partial charge in [-0.05, 0) is 30.9 Å². The zero-order chi connectivity index (χ0) is 17.9. The number of rotatable bonds is 4. The van der Waals surface area contributed by atoms with Crippen molar-refractivity contribution in [1.29, 1.82) is 0 Å². The number of piperidine rings is 1. The minimum atomic E-state index is -0.407. The van der Waals surface area contributed by atoms with Gasteiger partial charge in [0, 0.05) is 38.1 Å². The van der Waals surface area contributed by atoms with Crippen LogP contribution in [0.1, 0.15) is 12.8 Å². The molecule has 0 amide bonds. The highest BCUT2D eigenvalue weighted by atomic mass is 19.1. The summed E-state index contributed by atoms with van der Waals surface area (Å²) in [5, 5.41) is 8.55. The van der Waals surface area contributed by atoms with E-state index in [9.17, 15) is 9.18 Å². The highest BCUT2D eigenvalue weighted by Gasteiger charge is 2.23. The average molecular weight is 355 g/mol. The van der Waals surface area contributed by atoms with Gasteiger partial charge in [-0.25, -0.2) is 23.7 Å². The van der Waals surface area contributed by atoms with Gasteiger partial charge in [-0.15, -0.1) is 5.10 Å². The van der Waals surface area contributed by atoms with Crippen molar-refractivity contribution < 1.29 is 4.39 Å². The quantitative estimate of drug-likeness (QED) is 0.701. The van der Waals surface area contributed by atoms with Crippen molar-refractivity contribution in [1.82, 2.24) is 29.5 Å². The standard InChI is InChI=1S/C17H18FN7O/c18-14-10-19-12-20-17(14)23-8-4-13(5-9-23)11-25-16(26)3-2-15(22-25)24-7-1-6-21-24/h1-3,6-7,10,12-13H,4-5,8-9,11H2. The van der Waals surface area contributed by atoms with Crippen LogP contribution in [0.15, 0.2) is 47.9 Å². The van der Waals surface area contributed by atoms with E-state index < -0.39 is 5.82 Å². The minimum Gasteiger partial charge on any atom is -0.354 e. The van der Waals surface area contributed by atoms with Crippen LogP contribution in [0.3, 0.4) is 0 Å². The van der Waals surface area contributed by atoms with E-state index in [1.165, 1.54) is 23.3 Å². The molecule has 4 rings (SSSR count). The molecular weight excluding hydrogens is 337 g/mol. The van der Waals surface area contributed by atoms with Crippen LogP contribution in [0.5, 0.6) is 0 Å². The zero-order valence-electron chi connectivity index (χ0n) is 14.1. The molecule has 1 fully saturated rings. The summed E-state index contributed by atoms with van der Waals surface area (Å²) >= 11 is 0. The van der Waals surface area contributed by atoms with Crippen molar-refractivity contribution in [3.63, 3.8) is 0 Å². The zero-order valence-corrected chi connectivity index (χ0v) is 14.1. The van der Waals surface area contributed by atoms with Crippen molar-refractivity contribution in [3.05, 3.63) is 59.3 Å². The Balaban J connectivity index is 1.44. The second-order valence-corrected chi connectivity index (χ2v) is 6.29. The third-order valence-electron chi connectivity index (χ3n) is 4.59. The lowest BCUT2D eigenvalue weighted by Gasteiger charge is -2.32. The van der Waals surface area contributed by atoms with Gasteiger partial charge < -0.3 is 4.90 Å². The molecule has 0 N–H and O–H groups in total. The van der Waals surface area contributed by atoms with Crippen LogP contribution >= 0.6 is 0 Å². The molecule has 4 heterocycles. The van der Waals surface area contributed by atoms with Crippen molar-refractivity contribution in [2.45, 2.75) is 19.4 Å². The number of aromatic nitrogens is 6. The number of hydrogen-bond acceptors (Lipinski definition) is 6. The van der Waals surface area contributed by atoms with Gasteiger partial charge in [-0.3, -0.25) is 4.79 Å². The number of anilines is 1. The smallest absolute Gasteiger partial charge is 0.266 e. The maximum Gasteiger partial charge on any atom is 0.266 e. The second-order valence-electron chi connectivity index (χ2n) is 6.29. The molecule has 1 aliphatic rings. The predicted molar refractivity (Wildman–Crippen MR) is 92.5 cm³/mol. The number of hydrogen-bond donors (Lipinski definition) is 0. The third-order valence-corrected chi connectivity index (χ3v) is 4.59. The van der Waals surface area contributed by atoms with E-state index in [1.54, 1.807) is 29.2 Å². The summed E-state index contributed by atoms with van der Waals surface area (Å²) < 4.78 is 16.9. The van der Waals surface area contributed by atoms with Gasteiger partial charge in [0.2, 0.25) is 0 Å². The molecule has 0 bridgehead atoms. The molecule has 0 aromatic carbocycles. The molecule has 1 saturated heterocycles. The molecule has 0 spiro atoms. The molecule has 26 heavy (non-hydrogen) atoms. The van der Waals surface area contributed by atoms with Crippen molar-refractivity contribution in [2.75, 3.05) is 18.0 Å². The molecule has 1 aliphatic heterocycles. The molecule has 8 nitrogen and oxygen atoms in total. The molecule has 0 atom stereocenters.